The summed E-state index contributed by atoms with van der Waals surface area (Å²) in [6, 6.07) is 9.14. The molecule has 11 heteroatoms. The molecule has 7 nitrogen and oxygen atoms in total. The van der Waals surface area contributed by atoms with E-state index in [4.69, 9.17) is 0 Å². The molecule has 1 aromatic heterocycles. The van der Waals surface area contributed by atoms with Gasteiger partial charge < -0.3 is 4.90 Å². The number of nitrogens with zero attached hydrogens (tertiary/aromatic N) is 4. The first-order valence-electron chi connectivity index (χ1n) is 12.1. The summed E-state index contributed by atoms with van der Waals surface area (Å²) >= 11 is 1.28. The Morgan fingerprint density at radius 3 is 2.31 bits per heavy atom. The van der Waals surface area contributed by atoms with Crippen LogP contribution in [0.2, 0.25) is 0 Å². The molecule has 0 N–H and O–H groups in total. The van der Waals surface area contributed by atoms with Crippen molar-refractivity contribution in [3.05, 3.63) is 54.1 Å². The standard InChI is InChI=1S/C25H30F2N4O3S2/c1-3-29(4-2)15-16-31(25-28-22-10-7-20(27)17-23(22)35-25)24(32)18-11-13-30(14-12-18)36(33,34)21-8-5-19(26)6-9-21/h5-10,17-18H,3-4,11-16H2,1-2H3. The second-order valence-electron chi connectivity index (χ2n) is 8.76. The van der Waals surface area contributed by atoms with E-state index in [1.807, 2.05) is 0 Å². The van der Waals surface area contributed by atoms with E-state index in [1.54, 1.807) is 11.0 Å². The van der Waals surface area contributed by atoms with Gasteiger partial charge in [-0.25, -0.2) is 22.2 Å². The highest BCUT2D eigenvalue weighted by Crippen LogP contribution is 2.32. The maximum atomic E-state index is 13.7. The third-order valence-electron chi connectivity index (χ3n) is 6.62. The number of hydrogen-bond donors (Lipinski definition) is 0. The number of halogens is 2. The number of hydrogen-bond acceptors (Lipinski definition) is 6. The molecule has 1 fully saturated rings. The van der Waals surface area contributed by atoms with E-state index in [9.17, 15) is 22.0 Å². The Morgan fingerprint density at radius 1 is 1.03 bits per heavy atom. The second-order valence-corrected chi connectivity index (χ2v) is 11.7. The Bertz CT molecular complexity index is 1300. The molecule has 4 rings (SSSR count). The average molecular weight is 537 g/mol. The van der Waals surface area contributed by atoms with Crippen LogP contribution in [0.5, 0.6) is 0 Å². The Kier molecular flexibility index (Phi) is 8.34. The van der Waals surface area contributed by atoms with Crippen LogP contribution >= 0.6 is 11.3 Å². The highest BCUT2D eigenvalue weighted by molar-refractivity contribution is 7.89. The van der Waals surface area contributed by atoms with E-state index < -0.39 is 15.8 Å². The molecule has 0 atom stereocenters. The van der Waals surface area contributed by atoms with Crippen molar-refractivity contribution < 1.29 is 22.0 Å². The summed E-state index contributed by atoms with van der Waals surface area (Å²) in [5.41, 5.74) is 0.636. The molecule has 0 saturated carbocycles. The summed E-state index contributed by atoms with van der Waals surface area (Å²) in [4.78, 5) is 22.2. The highest BCUT2D eigenvalue weighted by Gasteiger charge is 2.35. The molecule has 1 amide bonds. The molecular formula is C25H30F2N4O3S2. The van der Waals surface area contributed by atoms with Gasteiger partial charge in [-0.05, 0) is 68.4 Å². The lowest BCUT2D eigenvalue weighted by Crippen LogP contribution is -2.46. The molecule has 194 valence electrons. The number of likely N-dealkylation sites (N-methyl/N-ethyl adjacent to an activating group) is 1. The molecule has 1 aliphatic rings. The summed E-state index contributed by atoms with van der Waals surface area (Å²) in [7, 11) is -3.76. The van der Waals surface area contributed by atoms with Gasteiger partial charge in [0.25, 0.3) is 0 Å². The number of carbonyl (C=O) groups excluding carboxylic acids is 1. The van der Waals surface area contributed by atoms with E-state index in [1.165, 1.54) is 39.9 Å². The number of rotatable bonds is 9. The third-order valence-corrected chi connectivity index (χ3v) is 9.58. The second kappa shape index (κ2) is 11.3. The third kappa shape index (κ3) is 5.74. The van der Waals surface area contributed by atoms with Crippen molar-refractivity contribution in [2.75, 3.05) is 44.2 Å². The minimum atomic E-state index is -3.76. The topological polar surface area (TPSA) is 73.8 Å². The number of carbonyl (C=O) groups is 1. The van der Waals surface area contributed by atoms with Crippen LogP contribution in [-0.2, 0) is 14.8 Å². The van der Waals surface area contributed by atoms with Gasteiger partial charge >= 0.3 is 0 Å². The fourth-order valence-electron chi connectivity index (χ4n) is 4.40. The lowest BCUT2D eigenvalue weighted by atomic mass is 9.96. The number of fused-ring (bicyclic) bond motifs is 1. The van der Waals surface area contributed by atoms with Crippen LogP contribution in [0.3, 0.4) is 0 Å². The van der Waals surface area contributed by atoms with E-state index in [0.717, 1.165) is 25.2 Å². The van der Waals surface area contributed by atoms with Crippen LogP contribution in [0.4, 0.5) is 13.9 Å². The summed E-state index contributed by atoms with van der Waals surface area (Å²) in [5, 5.41) is 0.522. The number of aromatic nitrogens is 1. The monoisotopic (exact) mass is 536 g/mol. The van der Waals surface area contributed by atoms with Crippen LogP contribution < -0.4 is 4.90 Å². The quantitative estimate of drug-likeness (QED) is 0.407. The maximum absolute atomic E-state index is 13.7. The smallest absolute Gasteiger partial charge is 0.243 e. The lowest BCUT2D eigenvalue weighted by molar-refractivity contribution is -0.123. The van der Waals surface area contributed by atoms with Crippen LogP contribution in [0.1, 0.15) is 26.7 Å². The van der Waals surface area contributed by atoms with Crippen LogP contribution in [0.25, 0.3) is 10.2 Å². The number of amides is 1. The molecule has 3 aromatic rings. The van der Waals surface area contributed by atoms with Gasteiger partial charge in [-0.2, -0.15) is 4.31 Å². The molecule has 0 aliphatic carbocycles. The van der Waals surface area contributed by atoms with Crippen molar-refractivity contribution in [2.45, 2.75) is 31.6 Å². The minimum absolute atomic E-state index is 0.0382. The lowest BCUT2D eigenvalue weighted by Gasteiger charge is -2.33. The largest absolute Gasteiger partial charge is 0.302 e. The Labute approximate surface area is 214 Å². The normalized spacial score (nSPS) is 15.6. The molecule has 1 aliphatic heterocycles. The summed E-state index contributed by atoms with van der Waals surface area (Å²) in [5.74, 6) is -1.31. The van der Waals surface area contributed by atoms with Gasteiger partial charge in [0.05, 0.1) is 15.1 Å². The van der Waals surface area contributed by atoms with Gasteiger partial charge in [-0.1, -0.05) is 25.2 Å². The van der Waals surface area contributed by atoms with Crippen LogP contribution in [-0.4, -0.2) is 67.8 Å². The van der Waals surface area contributed by atoms with Crippen LogP contribution in [0, 0.1) is 17.6 Å². The fraction of sp³-hybridized carbons (Fsp3) is 0.440. The fourth-order valence-corrected chi connectivity index (χ4v) is 6.89. The maximum Gasteiger partial charge on any atom is 0.243 e. The first-order valence-corrected chi connectivity index (χ1v) is 14.3. The van der Waals surface area contributed by atoms with Gasteiger partial charge in [0.1, 0.15) is 11.6 Å². The predicted molar refractivity (Wildman–Crippen MR) is 138 cm³/mol. The van der Waals surface area contributed by atoms with E-state index in [2.05, 4.69) is 23.7 Å². The minimum Gasteiger partial charge on any atom is -0.302 e. The van der Waals surface area contributed by atoms with Gasteiger partial charge in [0.2, 0.25) is 15.9 Å². The average Bonchev–Trinajstić information content (AvgIpc) is 3.29. The van der Waals surface area contributed by atoms with E-state index >= 15 is 0 Å². The van der Waals surface area contributed by atoms with Gasteiger partial charge in [0, 0.05) is 32.1 Å². The van der Waals surface area contributed by atoms with Crippen molar-refractivity contribution in [1.29, 1.82) is 0 Å². The van der Waals surface area contributed by atoms with Gasteiger partial charge in [-0.3, -0.25) is 9.69 Å². The summed E-state index contributed by atoms with van der Waals surface area (Å²) < 4.78 is 54.9. The molecule has 0 unspecified atom stereocenters. The Balaban J connectivity index is 1.51. The summed E-state index contributed by atoms with van der Waals surface area (Å²) in [6.45, 7) is 7.33. The molecule has 0 bridgehead atoms. The zero-order valence-corrected chi connectivity index (χ0v) is 22.0. The molecule has 2 heterocycles. The molecule has 2 aromatic carbocycles. The van der Waals surface area contributed by atoms with Crippen molar-refractivity contribution >= 4 is 42.6 Å². The molecule has 1 saturated heterocycles. The van der Waals surface area contributed by atoms with Gasteiger partial charge in [-0.15, -0.1) is 0 Å². The summed E-state index contributed by atoms with van der Waals surface area (Å²) in [6.07, 6.45) is 0.751. The Hall–Kier alpha value is -2.47. The Morgan fingerprint density at radius 2 is 1.67 bits per heavy atom. The van der Waals surface area contributed by atoms with Gasteiger partial charge in [0.15, 0.2) is 5.13 Å². The zero-order valence-electron chi connectivity index (χ0n) is 20.4. The number of thiazole rings is 1. The number of piperidine rings is 1. The van der Waals surface area contributed by atoms with E-state index in [0.29, 0.717) is 41.3 Å². The first-order chi connectivity index (χ1) is 17.2. The van der Waals surface area contributed by atoms with Crippen molar-refractivity contribution in [3.8, 4) is 0 Å². The first kappa shape index (κ1) is 26.6. The number of benzene rings is 2. The molecule has 0 radical (unpaired) electrons. The highest BCUT2D eigenvalue weighted by atomic mass is 32.2. The molecular weight excluding hydrogens is 506 g/mol. The molecule has 36 heavy (non-hydrogen) atoms. The zero-order chi connectivity index (χ0) is 25.9. The van der Waals surface area contributed by atoms with Crippen molar-refractivity contribution in [2.24, 2.45) is 5.92 Å². The molecule has 0 spiro atoms. The van der Waals surface area contributed by atoms with Crippen molar-refractivity contribution in [3.63, 3.8) is 0 Å². The van der Waals surface area contributed by atoms with Crippen molar-refractivity contribution in [1.82, 2.24) is 14.2 Å². The SMILES string of the molecule is CCN(CC)CCN(C(=O)C1CCN(S(=O)(=O)c2ccc(F)cc2)CC1)c1nc2ccc(F)cc2s1. The number of anilines is 1. The predicted octanol–water partition coefficient (Wildman–Crippen LogP) is 4.35. The van der Waals surface area contributed by atoms with Crippen LogP contribution in [0.15, 0.2) is 47.4 Å². The number of sulfonamides is 1. The van der Waals surface area contributed by atoms with E-state index in [-0.39, 0.29) is 35.6 Å².